The first-order valence-electron chi connectivity index (χ1n) is 6.10. The quantitative estimate of drug-likeness (QED) is 0.821. The number of ether oxygens (including phenoxy) is 1. The van der Waals surface area contributed by atoms with Gasteiger partial charge in [0.2, 0.25) is 5.28 Å². The molecule has 1 aliphatic heterocycles. The molecule has 1 aliphatic rings. The van der Waals surface area contributed by atoms with Gasteiger partial charge < -0.3 is 18.7 Å². The van der Waals surface area contributed by atoms with Crippen LogP contribution < -0.4 is 4.90 Å². The van der Waals surface area contributed by atoms with Gasteiger partial charge in [0, 0.05) is 18.9 Å². The Balaban J connectivity index is 2.15. The predicted octanol–water partition coefficient (Wildman–Crippen LogP) is 2.17. The van der Waals surface area contributed by atoms with Crippen LogP contribution in [0.4, 0.5) is 5.82 Å². The van der Waals surface area contributed by atoms with Gasteiger partial charge in [-0.05, 0) is 18.5 Å². The third kappa shape index (κ3) is 4.44. The van der Waals surface area contributed by atoms with Gasteiger partial charge in [-0.3, -0.25) is 4.18 Å². The Morgan fingerprint density at radius 3 is 2.95 bits per heavy atom. The van der Waals surface area contributed by atoms with Gasteiger partial charge in [-0.25, -0.2) is 9.97 Å². The van der Waals surface area contributed by atoms with Crippen LogP contribution in [0.3, 0.4) is 0 Å². The van der Waals surface area contributed by atoms with Crippen molar-refractivity contribution in [1.82, 2.24) is 9.97 Å². The third-order valence-corrected chi connectivity index (χ3v) is 3.56. The largest absolute Gasteiger partial charge is 0.377 e. The normalized spacial score (nSPS) is 21.1. The molecule has 0 spiro atoms. The van der Waals surface area contributed by atoms with Crippen LogP contribution in [0.15, 0.2) is 6.07 Å². The van der Waals surface area contributed by atoms with Gasteiger partial charge in [-0.1, -0.05) is 0 Å². The SMILES string of the molecule is C[C@H]1COCCN1c1cc(COS(C)(O)O)nc(Cl)n1. The molecule has 20 heavy (non-hydrogen) atoms. The summed E-state index contributed by atoms with van der Waals surface area (Å²) in [6, 6.07) is 1.92. The Morgan fingerprint density at radius 1 is 1.55 bits per heavy atom. The lowest BCUT2D eigenvalue weighted by Gasteiger charge is -2.34. The number of nitrogens with zero attached hydrogens (tertiary/aromatic N) is 3. The second kappa shape index (κ2) is 6.42. The highest BCUT2D eigenvalue weighted by atomic mass is 35.5. The lowest BCUT2D eigenvalue weighted by atomic mass is 10.2. The molecule has 1 fully saturated rings. The predicted molar refractivity (Wildman–Crippen MR) is 78.2 cm³/mol. The molecular weight excluding hydrogens is 306 g/mol. The highest BCUT2D eigenvalue weighted by Crippen LogP contribution is 2.35. The molecule has 2 rings (SSSR count). The van der Waals surface area contributed by atoms with Gasteiger partial charge in [-0.15, -0.1) is 0 Å². The van der Waals surface area contributed by atoms with Crippen molar-refractivity contribution in [2.45, 2.75) is 19.6 Å². The standard InChI is InChI=1S/C11H18ClN3O4S/c1-8-6-18-4-3-15(8)10-5-9(13-11(12)14-10)7-19-20(2,16)17/h5,8,16-17H,3-4,6-7H2,1-2H3/t8-/m0/s1. The van der Waals surface area contributed by atoms with Crippen molar-refractivity contribution in [3.8, 4) is 0 Å². The van der Waals surface area contributed by atoms with Crippen LogP contribution >= 0.6 is 22.5 Å². The summed E-state index contributed by atoms with van der Waals surface area (Å²) in [4.78, 5) is 10.3. The second-order valence-corrected chi connectivity index (χ2v) is 6.73. The van der Waals surface area contributed by atoms with E-state index in [0.29, 0.717) is 24.7 Å². The van der Waals surface area contributed by atoms with Gasteiger partial charge in [0.05, 0.1) is 35.8 Å². The Bertz CT molecular complexity index is 471. The van der Waals surface area contributed by atoms with E-state index in [1.807, 2.05) is 6.92 Å². The van der Waals surface area contributed by atoms with E-state index >= 15 is 0 Å². The van der Waals surface area contributed by atoms with Crippen LogP contribution in [0.25, 0.3) is 0 Å². The molecule has 2 N–H and O–H groups in total. The zero-order chi connectivity index (χ0) is 14.8. The molecule has 0 saturated carbocycles. The highest BCUT2D eigenvalue weighted by Gasteiger charge is 2.21. The Morgan fingerprint density at radius 2 is 2.30 bits per heavy atom. The van der Waals surface area contributed by atoms with E-state index in [1.54, 1.807) is 6.07 Å². The molecule has 9 heteroatoms. The first-order valence-corrected chi connectivity index (χ1v) is 8.36. The number of aromatic nitrogens is 2. The van der Waals surface area contributed by atoms with Crippen LogP contribution in [0.5, 0.6) is 0 Å². The topological polar surface area (TPSA) is 87.9 Å². The lowest BCUT2D eigenvalue weighted by Crippen LogP contribution is -2.44. The number of rotatable bonds is 4. The molecule has 0 amide bonds. The summed E-state index contributed by atoms with van der Waals surface area (Å²) in [6.45, 7) is 3.98. The fourth-order valence-electron chi connectivity index (χ4n) is 1.91. The van der Waals surface area contributed by atoms with E-state index in [-0.39, 0.29) is 17.9 Å². The van der Waals surface area contributed by atoms with E-state index < -0.39 is 10.9 Å². The molecule has 2 heterocycles. The maximum absolute atomic E-state index is 9.22. The Hall–Kier alpha value is -0.640. The minimum atomic E-state index is -3.02. The zero-order valence-electron chi connectivity index (χ0n) is 11.3. The fourth-order valence-corrected chi connectivity index (χ4v) is 2.45. The maximum Gasteiger partial charge on any atom is 0.224 e. The molecule has 0 unspecified atom stereocenters. The molecule has 0 aliphatic carbocycles. The summed E-state index contributed by atoms with van der Waals surface area (Å²) >= 11 is 5.91. The number of anilines is 1. The first kappa shape index (κ1) is 15.7. The van der Waals surface area contributed by atoms with Gasteiger partial charge in [0.15, 0.2) is 0 Å². The molecule has 1 saturated heterocycles. The van der Waals surface area contributed by atoms with Crippen molar-refractivity contribution in [2.75, 3.05) is 30.9 Å². The molecule has 0 aromatic carbocycles. The van der Waals surface area contributed by atoms with Crippen LogP contribution in [-0.2, 0) is 15.5 Å². The van der Waals surface area contributed by atoms with E-state index in [4.69, 9.17) is 20.5 Å². The average Bonchev–Trinajstić information content (AvgIpc) is 2.35. The third-order valence-electron chi connectivity index (χ3n) is 2.83. The minimum absolute atomic E-state index is 0.0349. The molecule has 1 atom stereocenters. The first-order chi connectivity index (χ1) is 9.35. The lowest BCUT2D eigenvalue weighted by molar-refractivity contribution is 0.0985. The van der Waals surface area contributed by atoms with Crippen molar-refractivity contribution in [3.63, 3.8) is 0 Å². The molecular formula is C11H18ClN3O4S. The fraction of sp³-hybridized carbons (Fsp3) is 0.636. The molecule has 0 radical (unpaired) electrons. The summed E-state index contributed by atoms with van der Waals surface area (Å²) < 4.78 is 28.8. The van der Waals surface area contributed by atoms with Crippen molar-refractivity contribution >= 4 is 28.3 Å². The molecule has 114 valence electrons. The van der Waals surface area contributed by atoms with E-state index in [2.05, 4.69) is 14.9 Å². The van der Waals surface area contributed by atoms with Crippen LogP contribution in [-0.4, -0.2) is 51.1 Å². The van der Waals surface area contributed by atoms with Gasteiger partial charge in [-0.2, -0.15) is 0 Å². The summed E-state index contributed by atoms with van der Waals surface area (Å²) in [5.41, 5.74) is 0.500. The second-order valence-electron chi connectivity index (χ2n) is 4.63. The molecule has 1 aromatic rings. The number of morpholine rings is 1. The smallest absolute Gasteiger partial charge is 0.224 e. The zero-order valence-corrected chi connectivity index (χ0v) is 12.9. The van der Waals surface area contributed by atoms with E-state index in [1.165, 1.54) is 6.26 Å². The van der Waals surface area contributed by atoms with Crippen molar-refractivity contribution in [2.24, 2.45) is 0 Å². The minimum Gasteiger partial charge on any atom is -0.377 e. The van der Waals surface area contributed by atoms with Crippen LogP contribution in [0, 0.1) is 0 Å². The number of hydrogen-bond donors (Lipinski definition) is 2. The Labute approximate surface area is 124 Å². The summed E-state index contributed by atoms with van der Waals surface area (Å²) in [7, 11) is -3.02. The Kier molecular flexibility index (Phi) is 5.05. The van der Waals surface area contributed by atoms with Crippen molar-refractivity contribution in [1.29, 1.82) is 0 Å². The highest BCUT2D eigenvalue weighted by molar-refractivity contribution is 8.19. The van der Waals surface area contributed by atoms with Crippen molar-refractivity contribution < 1.29 is 18.0 Å². The van der Waals surface area contributed by atoms with Gasteiger partial charge >= 0.3 is 0 Å². The van der Waals surface area contributed by atoms with Crippen LogP contribution in [0.1, 0.15) is 12.6 Å². The van der Waals surface area contributed by atoms with E-state index in [9.17, 15) is 9.11 Å². The summed E-state index contributed by atoms with van der Waals surface area (Å²) in [5, 5.41) is 0.104. The van der Waals surface area contributed by atoms with Crippen LogP contribution in [0.2, 0.25) is 5.28 Å². The summed E-state index contributed by atoms with van der Waals surface area (Å²) in [6.07, 6.45) is 1.21. The molecule has 7 nitrogen and oxygen atoms in total. The number of halogens is 1. The van der Waals surface area contributed by atoms with E-state index in [0.717, 1.165) is 6.54 Å². The van der Waals surface area contributed by atoms with Gasteiger partial charge in [0.1, 0.15) is 12.4 Å². The number of hydrogen-bond acceptors (Lipinski definition) is 7. The average molecular weight is 324 g/mol. The molecule has 1 aromatic heterocycles. The maximum atomic E-state index is 9.22. The molecule has 0 bridgehead atoms. The summed E-state index contributed by atoms with van der Waals surface area (Å²) in [5.74, 6) is 0.687. The van der Waals surface area contributed by atoms with Crippen molar-refractivity contribution in [3.05, 3.63) is 17.0 Å². The van der Waals surface area contributed by atoms with Gasteiger partial charge in [0.25, 0.3) is 0 Å². The monoisotopic (exact) mass is 323 g/mol.